The summed E-state index contributed by atoms with van der Waals surface area (Å²) in [5, 5.41) is 22.5. The lowest BCUT2D eigenvalue weighted by molar-refractivity contribution is -0.149. The van der Waals surface area contributed by atoms with Crippen molar-refractivity contribution in [3.05, 3.63) is 0 Å². The van der Waals surface area contributed by atoms with Crippen LogP contribution in [0.25, 0.3) is 0 Å². The largest absolute Gasteiger partial charge is 0.409 e. The molecule has 2 rings (SSSR count). The van der Waals surface area contributed by atoms with E-state index in [9.17, 15) is 9.90 Å². The molecule has 1 amide bonds. The lowest BCUT2D eigenvalue weighted by Gasteiger charge is -2.46. The molecule has 21 heavy (non-hydrogen) atoms. The number of likely N-dealkylation sites (N-methyl/N-ethyl adjacent to an activating group) is 1. The SMILES string of the molecule is CC1CC(C(=O)N(C)CC2(O)CCOCC2)(C(N)=NO)C1. The zero-order valence-corrected chi connectivity index (χ0v) is 12.7. The minimum absolute atomic E-state index is 0.0311. The molecule has 7 nitrogen and oxygen atoms in total. The predicted molar refractivity (Wildman–Crippen MR) is 76.9 cm³/mol. The van der Waals surface area contributed by atoms with Crippen molar-refractivity contribution in [2.45, 2.75) is 38.2 Å². The number of ether oxygens (including phenoxy) is 1. The number of carbonyl (C=O) groups is 1. The molecule has 1 heterocycles. The summed E-state index contributed by atoms with van der Waals surface area (Å²) >= 11 is 0. The number of oxime groups is 1. The fourth-order valence-electron chi connectivity index (χ4n) is 3.51. The number of amidine groups is 1. The van der Waals surface area contributed by atoms with Crippen LogP contribution >= 0.6 is 0 Å². The molecule has 2 fully saturated rings. The maximum atomic E-state index is 12.7. The van der Waals surface area contributed by atoms with E-state index in [1.165, 1.54) is 4.90 Å². The van der Waals surface area contributed by atoms with Crippen molar-refractivity contribution in [3.63, 3.8) is 0 Å². The van der Waals surface area contributed by atoms with Crippen LogP contribution in [0.3, 0.4) is 0 Å². The molecule has 0 radical (unpaired) electrons. The van der Waals surface area contributed by atoms with E-state index in [0.717, 1.165) is 0 Å². The molecule has 0 spiro atoms. The predicted octanol–water partition coefficient (Wildman–Crippen LogP) is 0.149. The Morgan fingerprint density at radius 1 is 1.43 bits per heavy atom. The van der Waals surface area contributed by atoms with Gasteiger partial charge in [0.2, 0.25) is 5.91 Å². The van der Waals surface area contributed by atoms with Crippen LogP contribution in [-0.4, -0.2) is 59.4 Å². The van der Waals surface area contributed by atoms with Gasteiger partial charge in [0.25, 0.3) is 0 Å². The second-order valence-corrected chi connectivity index (χ2v) is 6.58. The van der Waals surface area contributed by atoms with Crippen LogP contribution in [0.4, 0.5) is 0 Å². The summed E-state index contributed by atoms with van der Waals surface area (Å²) in [6.07, 6.45) is 2.18. The van der Waals surface area contributed by atoms with Gasteiger partial charge < -0.3 is 25.7 Å². The molecule has 0 atom stereocenters. The second kappa shape index (κ2) is 5.81. The zero-order valence-electron chi connectivity index (χ0n) is 12.7. The Balaban J connectivity index is 2.07. The van der Waals surface area contributed by atoms with Gasteiger partial charge in [-0.2, -0.15) is 0 Å². The van der Waals surface area contributed by atoms with Crippen LogP contribution in [0.15, 0.2) is 5.16 Å². The molecule has 0 aromatic heterocycles. The van der Waals surface area contributed by atoms with Crippen molar-refractivity contribution in [1.82, 2.24) is 4.90 Å². The standard InChI is InChI=1S/C14H25N3O4/c1-10-7-14(8-10,11(15)16-20)12(18)17(2)9-13(19)3-5-21-6-4-13/h10,19-20H,3-9H2,1-2H3,(H2,15,16). The average Bonchev–Trinajstić information content (AvgIpc) is 2.42. The fraction of sp³-hybridized carbons (Fsp3) is 0.857. The first-order chi connectivity index (χ1) is 9.83. The third-order valence-electron chi connectivity index (χ3n) is 4.70. The number of nitrogens with two attached hydrogens (primary N) is 1. The molecule has 7 heteroatoms. The van der Waals surface area contributed by atoms with Gasteiger partial charge in [-0.3, -0.25) is 4.79 Å². The summed E-state index contributed by atoms with van der Waals surface area (Å²) in [5.74, 6) is 0.154. The van der Waals surface area contributed by atoms with Crippen molar-refractivity contribution in [1.29, 1.82) is 0 Å². The van der Waals surface area contributed by atoms with Crippen LogP contribution in [0.1, 0.15) is 32.6 Å². The van der Waals surface area contributed by atoms with Crippen molar-refractivity contribution in [2.24, 2.45) is 22.2 Å². The lowest BCUT2D eigenvalue weighted by Crippen LogP contribution is -2.59. The van der Waals surface area contributed by atoms with Crippen molar-refractivity contribution in [2.75, 3.05) is 26.8 Å². The molecule has 1 aliphatic heterocycles. The minimum atomic E-state index is -0.912. The van der Waals surface area contributed by atoms with Crippen molar-refractivity contribution < 1.29 is 19.8 Å². The zero-order chi connectivity index (χ0) is 15.7. The van der Waals surface area contributed by atoms with E-state index >= 15 is 0 Å². The minimum Gasteiger partial charge on any atom is -0.409 e. The fourth-order valence-corrected chi connectivity index (χ4v) is 3.51. The van der Waals surface area contributed by atoms with E-state index in [1.807, 2.05) is 6.92 Å². The van der Waals surface area contributed by atoms with Gasteiger partial charge in [-0.05, 0) is 18.8 Å². The van der Waals surface area contributed by atoms with Crippen LogP contribution in [-0.2, 0) is 9.53 Å². The highest BCUT2D eigenvalue weighted by atomic mass is 16.5. The van der Waals surface area contributed by atoms with Crippen molar-refractivity contribution in [3.8, 4) is 0 Å². The van der Waals surface area contributed by atoms with Crippen LogP contribution in [0.2, 0.25) is 0 Å². The van der Waals surface area contributed by atoms with Crippen LogP contribution in [0.5, 0.6) is 0 Å². The smallest absolute Gasteiger partial charge is 0.236 e. The third kappa shape index (κ3) is 2.98. The first-order valence-electron chi connectivity index (χ1n) is 7.37. The monoisotopic (exact) mass is 299 g/mol. The molecule has 0 aromatic carbocycles. The van der Waals surface area contributed by atoms with Gasteiger partial charge in [0.05, 0.1) is 5.60 Å². The normalized spacial score (nSPS) is 32.3. The summed E-state index contributed by atoms with van der Waals surface area (Å²) in [5.41, 5.74) is 3.93. The topological polar surface area (TPSA) is 108 Å². The Labute approximate surface area is 124 Å². The molecule has 0 unspecified atom stereocenters. The van der Waals surface area contributed by atoms with E-state index < -0.39 is 11.0 Å². The summed E-state index contributed by atoms with van der Waals surface area (Å²) in [7, 11) is 1.66. The average molecular weight is 299 g/mol. The molecular formula is C14H25N3O4. The van der Waals surface area contributed by atoms with E-state index in [-0.39, 0.29) is 18.3 Å². The number of carbonyl (C=O) groups excluding carboxylic acids is 1. The van der Waals surface area contributed by atoms with Gasteiger partial charge in [-0.1, -0.05) is 12.1 Å². The van der Waals surface area contributed by atoms with Crippen LogP contribution in [0, 0.1) is 11.3 Å². The van der Waals surface area contributed by atoms with Gasteiger partial charge in [0, 0.05) is 39.6 Å². The highest BCUT2D eigenvalue weighted by Gasteiger charge is 2.53. The maximum Gasteiger partial charge on any atom is 0.236 e. The Kier molecular flexibility index (Phi) is 4.43. The number of amides is 1. The van der Waals surface area contributed by atoms with Gasteiger partial charge in [0.15, 0.2) is 5.84 Å². The van der Waals surface area contributed by atoms with E-state index in [4.69, 9.17) is 15.7 Å². The summed E-state index contributed by atoms with van der Waals surface area (Å²) in [4.78, 5) is 14.2. The molecule has 1 aliphatic carbocycles. The molecule has 120 valence electrons. The molecular weight excluding hydrogens is 274 g/mol. The number of nitrogens with zero attached hydrogens (tertiary/aromatic N) is 2. The number of hydrogen-bond donors (Lipinski definition) is 3. The summed E-state index contributed by atoms with van der Waals surface area (Å²) < 4.78 is 5.24. The molecule has 0 bridgehead atoms. The van der Waals surface area contributed by atoms with Gasteiger partial charge >= 0.3 is 0 Å². The van der Waals surface area contributed by atoms with E-state index in [1.54, 1.807) is 7.05 Å². The van der Waals surface area contributed by atoms with Gasteiger partial charge in [-0.15, -0.1) is 0 Å². The Morgan fingerprint density at radius 3 is 2.48 bits per heavy atom. The van der Waals surface area contributed by atoms with Crippen LogP contribution < -0.4 is 5.73 Å². The second-order valence-electron chi connectivity index (χ2n) is 6.58. The molecule has 2 aliphatic rings. The summed E-state index contributed by atoms with van der Waals surface area (Å²) in [6, 6.07) is 0. The number of aliphatic hydroxyl groups is 1. The number of hydrogen-bond acceptors (Lipinski definition) is 5. The highest BCUT2D eigenvalue weighted by molar-refractivity contribution is 6.07. The quantitative estimate of drug-likeness (QED) is 0.296. The molecule has 4 N–H and O–H groups in total. The summed E-state index contributed by atoms with van der Waals surface area (Å²) in [6.45, 7) is 3.27. The van der Waals surface area contributed by atoms with E-state index in [0.29, 0.717) is 44.8 Å². The highest BCUT2D eigenvalue weighted by Crippen LogP contribution is 2.47. The van der Waals surface area contributed by atoms with Gasteiger partial charge in [0.1, 0.15) is 5.41 Å². The Bertz CT molecular complexity index is 426. The first-order valence-corrected chi connectivity index (χ1v) is 7.37. The Morgan fingerprint density at radius 2 is 2.00 bits per heavy atom. The third-order valence-corrected chi connectivity index (χ3v) is 4.70. The molecule has 0 aromatic rings. The van der Waals surface area contributed by atoms with Crippen molar-refractivity contribution >= 4 is 11.7 Å². The lowest BCUT2D eigenvalue weighted by atomic mass is 9.61. The maximum absolute atomic E-state index is 12.7. The molecule has 1 saturated carbocycles. The van der Waals surface area contributed by atoms with Gasteiger partial charge in [-0.25, -0.2) is 0 Å². The number of rotatable bonds is 4. The Hall–Kier alpha value is -1.34. The first kappa shape index (κ1) is 16.0. The molecule has 1 saturated heterocycles. The van der Waals surface area contributed by atoms with E-state index in [2.05, 4.69) is 5.16 Å².